The number of fused-ring (bicyclic) bond motifs is 1. The van der Waals surface area contributed by atoms with Gasteiger partial charge in [0.1, 0.15) is 29.8 Å². The lowest BCUT2D eigenvalue weighted by Gasteiger charge is -2.26. The van der Waals surface area contributed by atoms with Crippen LogP contribution in [0, 0.1) is 6.92 Å². The van der Waals surface area contributed by atoms with Crippen LogP contribution < -0.4 is 4.74 Å². The van der Waals surface area contributed by atoms with Crippen molar-refractivity contribution in [3.8, 4) is 11.5 Å². The number of aromatic hydroxyl groups is 1. The van der Waals surface area contributed by atoms with Crippen molar-refractivity contribution in [2.24, 2.45) is 0 Å². The van der Waals surface area contributed by atoms with Crippen molar-refractivity contribution in [3.63, 3.8) is 0 Å². The molecule has 1 aromatic carbocycles. The number of phenolic OH excluding ortho intramolecular Hbond substituents is 1. The van der Waals surface area contributed by atoms with Crippen LogP contribution in [0.25, 0.3) is 0 Å². The van der Waals surface area contributed by atoms with Crippen molar-refractivity contribution in [3.05, 3.63) is 33.9 Å². The first kappa shape index (κ1) is 20.5. The Morgan fingerprint density at radius 2 is 2.11 bits per heavy atom. The van der Waals surface area contributed by atoms with Gasteiger partial charge in [0.05, 0.1) is 14.2 Å². The normalized spacial score (nSPS) is 21.4. The SMILES string of the molecule is COC(=O)C(C)(Cl)C(O)C1=CC(c2c(O)c3c(c(C)c2OC)COC3=O)CC1. The fraction of sp³-hybridized carbons (Fsp3) is 0.500. The smallest absolute Gasteiger partial charge is 0.342 e. The third-order valence-electron chi connectivity index (χ3n) is 5.57. The highest BCUT2D eigenvalue weighted by molar-refractivity contribution is 6.34. The van der Waals surface area contributed by atoms with Gasteiger partial charge in [0, 0.05) is 17.0 Å². The standard InChI is InChI=1S/C20H23ClO7/c1-9-12-8-28-18(24)14(12)15(22)13(16(9)26-3)10-5-6-11(7-10)17(23)20(2,21)19(25)27-4/h7,10,17,22-23H,5-6,8H2,1-4H3. The van der Waals surface area contributed by atoms with E-state index in [-0.39, 0.29) is 23.8 Å². The zero-order valence-electron chi connectivity index (χ0n) is 16.2. The summed E-state index contributed by atoms with van der Waals surface area (Å²) in [7, 11) is 2.70. The van der Waals surface area contributed by atoms with Crippen LogP contribution in [0.2, 0.25) is 0 Å². The summed E-state index contributed by atoms with van der Waals surface area (Å²) in [6.07, 6.45) is 1.53. The quantitative estimate of drug-likeness (QED) is 0.437. The molecule has 28 heavy (non-hydrogen) atoms. The summed E-state index contributed by atoms with van der Waals surface area (Å²) >= 11 is 6.22. The number of methoxy groups -OCH3 is 2. The van der Waals surface area contributed by atoms with Crippen LogP contribution >= 0.6 is 11.6 Å². The summed E-state index contributed by atoms with van der Waals surface area (Å²) in [5.41, 5.74) is 2.54. The molecule has 8 heteroatoms. The van der Waals surface area contributed by atoms with Gasteiger partial charge in [0.25, 0.3) is 0 Å². The fourth-order valence-electron chi connectivity index (χ4n) is 3.99. The predicted molar refractivity (Wildman–Crippen MR) is 101 cm³/mol. The van der Waals surface area contributed by atoms with E-state index >= 15 is 0 Å². The third-order valence-corrected chi connectivity index (χ3v) is 5.93. The van der Waals surface area contributed by atoms with E-state index < -0.39 is 22.9 Å². The van der Waals surface area contributed by atoms with Crippen molar-refractivity contribution in [1.29, 1.82) is 0 Å². The third kappa shape index (κ3) is 3.02. The molecule has 2 N–H and O–H groups in total. The molecule has 0 amide bonds. The van der Waals surface area contributed by atoms with Crippen molar-refractivity contribution in [2.45, 2.75) is 50.2 Å². The average Bonchev–Trinajstić information content (AvgIpc) is 3.30. The first-order valence-electron chi connectivity index (χ1n) is 8.90. The minimum Gasteiger partial charge on any atom is -0.507 e. The van der Waals surface area contributed by atoms with Crippen LogP contribution in [0.15, 0.2) is 11.6 Å². The molecule has 0 spiro atoms. The molecule has 1 aromatic rings. The lowest BCUT2D eigenvalue weighted by Crippen LogP contribution is -2.43. The van der Waals surface area contributed by atoms with E-state index in [0.717, 1.165) is 5.56 Å². The Kier molecular flexibility index (Phi) is 5.34. The first-order valence-corrected chi connectivity index (χ1v) is 9.28. The Hall–Kier alpha value is -2.25. The molecule has 0 bridgehead atoms. The molecule has 0 saturated heterocycles. The molecule has 0 aromatic heterocycles. The van der Waals surface area contributed by atoms with Crippen LogP contribution in [0.5, 0.6) is 11.5 Å². The van der Waals surface area contributed by atoms with Crippen LogP contribution in [-0.2, 0) is 20.9 Å². The number of hydrogen-bond acceptors (Lipinski definition) is 7. The van der Waals surface area contributed by atoms with Crippen LogP contribution in [0.1, 0.15) is 52.7 Å². The summed E-state index contributed by atoms with van der Waals surface area (Å²) < 4.78 is 15.3. The lowest BCUT2D eigenvalue weighted by molar-refractivity contribution is -0.145. The molecule has 2 aliphatic rings. The fourth-order valence-corrected chi connectivity index (χ4v) is 4.21. The number of esters is 2. The van der Waals surface area contributed by atoms with Gasteiger partial charge in [-0.15, -0.1) is 11.6 Å². The number of ether oxygens (including phenoxy) is 3. The highest BCUT2D eigenvalue weighted by atomic mass is 35.5. The number of aliphatic hydroxyl groups is 1. The molecule has 3 unspecified atom stereocenters. The van der Waals surface area contributed by atoms with E-state index in [2.05, 4.69) is 4.74 Å². The Morgan fingerprint density at radius 3 is 2.71 bits per heavy atom. The van der Waals surface area contributed by atoms with Gasteiger partial charge in [-0.3, -0.25) is 4.79 Å². The maximum atomic E-state index is 12.1. The average molecular weight is 411 g/mol. The van der Waals surface area contributed by atoms with E-state index in [4.69, 9.17) is 21.1 Å². The van der Waals surface area contributed by atoms with Gasteiger partial charge in [0.2, 0.25) is 0 Å². The highest BCUT2D eigenvalue weighted by Gasteiger charge is 2.43. The van der Waals surface area contributed by atoms with Crippen LogP contribution in [0.3, 0.4) is 0 Å². The Bertz CT molecular complexity index is 872. The molecule has 0 saturated carbocycles. The monoisotopic (exact) mass is 410 g/mol. The summed E-state index contributed by atoms with van der Waals surface area (Å²) in [6.45, 7) is 3.30. The molecule has 0 fully saturated rings. The second kappa shape index (κ2) is 7.29. The van der Waals surface area contributed by atoms with Gasteiger partial charge in [-0.05, 0) is 37.8 Å². The number of benzene rings is 1. The van der Waals surface area contributed by atoms with Gasteiger partial charge in [0.15, 0.2) is 4.87 Å². The molecule has 7 nitrogen and oxygen atoms in total. The number of cyclic esters (lactones) is 1. The Balaban J connectivity index is 2.04. The zero-order valence-corrected chi connectivity index (χ0v) is 16.9. The van der Waals surface area contributed by atoms with Crippen molar-refractivity contribution >= 4 is 23.5 Å². The predicted octanol–water partition coefficient (Wildman–Crippen LogP) is 2.71. The molecule has 3 rings (SSSR count). The largest absolute Gasteiger partial charge is 0.507 e. The molecule has 1 aliphatic heterocycles. The number of hydrogen-bond donors (Lipinski definition) is 2. The first-order chi connectivity index (χ1) is 13.1. The Labute approximate surface area is 167 Å². The summed E-state index contributed by atoms with van der Waals surface area (Å²) in [6, 6.07) is 0. The molecule has 152 valence electrons. The van der Waals surface area contributed by atoms with Crippen molar-refractivity contribution < 1.29 is 34.0 Å². The zero-order chi connectivity index (χ0) is 20.8. The maximum Gasteiger partial charge on any atom is 0.342 e. The van der Waals surface area contributed by atoms with Gasteiger partial charge in [-0.2, -0.15) is 0 Å². The Morgan fingerprint density at radius 1 is 1.43 bits per heavy atom. The maximum absolute atomic E-state index is 12.1. The van der Waals surface area contributed by atoms with E-state index in [1.807, 2.05) is 6.92 Å². The van der Waals surface area contributed by atoms with Crippen LogP contribution in [0.4, 0.5) is 0 Å². The van der Waals surface area contributed by atoms with Gasteiger partial charge < -0.3 is 24.4 Å². The number of allylic oxidation sites excluding steroid dienone is 1. The van der Waals surface area contributed by atoms with E-state index in [9.17, 15) is 19.8 Å². The number of halogens is 1. The minimum absolute atomic E-state index is 0.0956. The summed E-state index contributed by atoms with van der Waals surface area (Å²) in [5, 5.41) is 21.4. The second-order valence-corrected chi connectivity index (χ2v) is 7.99. The van der Waals surface area contributed by atoms with E-state index in [1.54, 1.807) is 6.08 Å². The molecule has 1 heterocycles. The number of carbonyl (C=O) groups is 2. The highest BCUT2D eigenvalue weighted by Crippen LogP contribution is 2.49. The molecular formula is C20H23ClO7. The van der Waals surface area contributed by atoms with Crippen molar-refractivity contribution in [2.75, 3.05) is 14.2 Å². The molecule has 1 aliphatic carbocycles. The summed E-state index contributed by atoms with van der Waals surface area (Å²) in [4.78, 5) is 22.3. The molecular weight excluding hydrogens is 388 g/mol. The van der Waals surface area contributed by atoms with E-state index in [0.29, 0.717) is 35.3 Å². The minimum atomic E-state index is -1.63. The van der Waals surface area contributed by atoms with Crippen LogP contribution in [-0.4, -0.2) is 47.3 Å². The second-order valence-electron chi connectivity index (χ2n) is 7.21. The molecule has 0 radical (unpaired) electrons. The topological polar surface area (TPSA) is 102 Å². The summed E-state index contributed by atoms with van der Waals surface area (Å²) in [5.74, 6) is -1.31. The number of aliphatic hydroxyl groups excluding tert-OH is 1. The van der Waals surface area contributed by atoms with Gasteiger partial charge in [-0.25, -0.2) is 4.79 Å². The van der Waals surface area contributed by atoms with Gasteiger partial charge in [-0.1, -0.05) is 6.08 Å². The van der Waals surface area contributed by atoms with E-state index in [1.165, 1.54) is 21.1 Å². The van der Waals surface area contributed by atoms with Crippen molar-refractivity contribution in [1.82, 2.24) is 0 Å². The number of phenols is 1. The number of carbonyl (C=O) groups excluding carboxylic acids is 2. The molecule has 3 atom stereocenters. The lowest BCUT2D eigenvalue weighted by atomic mass is 9.89. The number of alkyl halides is 1. The number of rotatable bonds is 5. The van der Waals surface area contributed by atoms with Gasteiger partial charge >= 0.3 is 11.9 Å².